The molecule has 3 rings (SSSR count). The molecule has 0 bridgehead atoms. The molecular weight excluding hydrogens is 358 g/mol. The third-order valence-electron chi connectivity index (χ3n) is 4.43. The molecule has 27 heavy (non-hydrogen) atoms. The minimum absolute atomic E-state index is 0.0544. The number of aromatic nitrogens is 2. The molecule has 0 saturated heterocycles. The summed E-state index contributed by atoms with van der Waals surface area (Å²) in [6.45, 7) is 1.76. The van der Waals surface area contributed by atoms with Gasteiger partial charge < -0.3 is 15.5 Å². The highest BCUT2D eigenvalue weighted by Gasteiger charge is 2.36. The van der Waals surface area contributed by atoms with Gasteiger partial charge in [0.05, 0.1) is 18.4 Å². The molecular formula is C18H17BF3N3O2. The Balaban J connectivity index is 2.29. The van der Waals surface area contributed by atoms with Crippen molar-refractivity contribution in [1.82, 2.24) is 10.2 Å². The predicted molar refractivity (Wildman–Crippen MR) is 99.1 cm³/mol. The molecule has 1 heterocycles. The molecule has 2 aromatic carbocycles. The fourth-order valence-electron chi connectivity index (χ4n) is 3.05. The normalized spacial score (nSPS) is 11.7. The zero-order chi connectivity index (χ0) is 19.9. The number of hydrogen-bond donors (Lipinski definition) is 2. The van der Waals surface area contributed by atoms with Gasteiger partial charge in [0.1, 0.15) is 5.75 Å². The number of anilines is 1. The van der Waals surface area contributed by atoms with Crippen LogP contribution in [0.25, 0.3) is 21.9 Å². The third kappa shape index (κ3) is 3.42. The van der Waals surface area contributed by atoms with E-state index in [1.165, 1.54) is 20.0 Å². The minimum atomic E-state index is -4.61. The first-order valence-corrected chi connectivity index (χ1v) is 8.13. The van der Waals surface area contributed by atoms with Crippen molar-refractivity contribution in [2.24, 2.45) is 0 Å². The van der Waals surface area contributed by atoms with Crippen LogP contribution in [0.2, 0.25) is 6.82 Å². The largest absolute Gasteiger partial charge is 0.496 e. The molecule has 3 N–H and O–H groups in total. The van der Waals surface area contributed by atoms with Gasteiger partial charge in [-0.05, 0) is 36.1 Å². The van der Waals surface area contributed by atoms with Crippen LogP contribution < -0.4 is 15.9 Å². The number of nitrogen functional groups attached to an aromatic ring is 1. The lowest BCUT2D eigenvalue weighted by Crippen LogP contribution is -2.33. The van der Waals surface area contributed by atoms with Gasteiger partial charge in [0.2, 0.25) is 0 Å². The molecule has 0 spiro atoms. The number of fused-ring (bicyclic) bond motifs is 1. The van der Waals surface area contributed by atoms with Gasteiger partial charge in [-0.3, -0.25) is 0 Å². The van der Waals surface area contributed by atoms with Gasteiger partial charge in [0, 0.05) is 16.3 Å². The van der Waals surface area contributed by atoms with Gasteiger partial charge >= 0.3 is 13.1 Å². The van der Waals surface area contributed by atoms with Crippen LogP contribution in [0.3, 0.4) is 0 Å². The maximum atomic E-state index is 13.4. The van der Waals surface area contributed by atoms with Gasteiger partial charge in [-0.25, -0.2) is 0 Å². The highest BCUT2D eigenvalue weighted by molar-refractivity contribution is 6.65. The van der Waals surface area contributed by atoms with Crippen LogP contribution >= 0.6 is 0 Å². The number of nitrogens with two attached hydrogens (primary N) is 1. The Morgan fingerprint density at radius 1 is 1.11 bits per heavy atom. The predicted octanol–water partition coefficient (Wildman–Crippen LogP) is 3.04. The van der Waals surface area contributed by atoms with Gasteiger partial charge in [0.25, 0.3) is 0 Å². The summed E-state index contributed by atoms with van der Waals surface area (Å²) >= 11 is 0. The molecule has 3 aromatic rings. The lowest BCUT2D eigenvalue weighted by atomic mass is 9.62. The zero-order valence-corrected chi connectivity index (χ0v) is 14.9. The van der Waals surface area contributed by atoms with E-state index in [1.54, 1.807) is 25.1 Å². The zero-order valence-electron chi connectivity index (χ0n) is 14.9. The second-order valence-electron chi connectivity index (χ2n) is 6.24. The molecule has 0 unspecified atom stereocenters. The minimum Gasteiger partial charge on any atom is -0.496 e. The second kappa shape index (κ2) is 6.73. The average molecular weight is 375 g/mol. The van der Waals surface area contributed by atoms with E-state index < -0.39 is 18.7 Å². The molecule has 1 aromatic heterocycles. The number of aryl methyl sites for hydroxylation is 1. The number of nitrogens with zero attached hydrogens (tertiary/aromatic N) is 2. The SMILES string of the molecule is COc1cc(C(F)(F)F)c(B(C)O)cc1-c1ccc2c(N)nnc(C)c2c1. The molecule has 0 fully saturated rings. The Hall–Kier alpha value is -2.81. The molecule has 0 amide bonds. The number of alkyl halides is 3. The van der Waals surface area contributed by atoms with Crippen molar-refractivity contribution in [2.75, 3.05) is 12.8 Å². The van der Waals surface area contributed by atoms with Crippen LogP contribution in [-0.4, -0.2) is 29.2 Å². The Bertz CT molecular complexity index is 1020. The summed E-state index contributed by atoms with van der Waals surface area (Å²) in [6.07, 6.45) is -4.61. The first-order chi connectivity index (χ1) is 12.6. The van der Waals surface area contributed by atoms with Gasteiger partial charge in [0.15, 0.2) is 5.82 Å². The fourth-order valence-corrected chi connectivity index (χ4v) is 3.05. The lowest BCUT2D eigenvalue weighted by molar-refractivity contribution is -0.136. The van der Waals surface area contributed by atoms with E-state index in [-0.39, 0.29) is 17.0 Å². The van der Waals surface area contributed by atoms with Crippen molar-refractivity contribution in [3.05, 3.63) is 41.6 Å². The monoisotopic (exact) mass is 375 g/mol. The van der Waals surface area contributed by atoms with Crippen LogP contribution in [-0.2, 0) is 6.18 Å². The molecule has 0 aliphatic rings. The number of hydrogen-bond acceptors (Lipinski definition) is 5. The van der Waals surface area contributed by atoms with Crippen LogP contribution in [0.15, 0.2) is 30.3 Å². The summed E-state index contributed by atoms with van der Waals surface area (Å²) < 4.78 is 45.3. The number of methoxy groups -OCH3 is 1. The van der Waals surface area contributed by atoms with Crippen molar-refractivity contribution in [3.8, 4) is 16.9 Å². The van der Waals surface area contributed by atoms with Crippen molar-refractivity contribution in [1.29, 1.82) is 0 Å². The summed E-state index contributed by atoms with van der Waals surface area (Å²) in [4.78, 5) is 0. The summed E-state index contributed by atoms with van der Waals surface area (Å²) in [6, 6.07) is 7.44. The van der Waals surface area contributed by atoms with Crippen LogP contribution in [0.5, 0.6) is 5.75 Å². The Kier molecular flexibility index (Phi) is 4.73. The Labute approximate surface area is 154 Å². The van der Waals surface area contributed by atoms with Crippen molar-refractivity contribution >= 4 is 29.0 Å². The van der Waals surface area contributed by atoms with E-state index in [1.807, 2.05) is 0 Å². The molecule has 140 valence electrons. The van der Waals surface area contributed by atoms with Crippen LogP contribution in [0.4, 0.5) is 19.0 Å². The summed E-state index contributed by atoms with van der Waals surface area (Å²) in [5, 5.41) is 19.2. The number of benzene rings is 2. The fraction of sp³-hybridized carbons (Fsp3) is 0.222. The molecule has 0 aliphatic heterocycles. The Morgan fingerprint density at radius 2 is 1.81 bits per heavy atom. The molecule has 0 atom stereocenters. The van der Waals surface area contributed by atoms with E-state index in [2.05, 4.69) is 10.2 Å². The second-order valence-corrected chi connectivity index (χ2v) is 6.24. The number of halogens is 3. The molecule has 0 aliphatic carbocycles. The topological polar surface area (TPSA) is 81.3 Å². The Morgan fingerprint density at radius 3 is 2.41 bits per heavy atom. The highest BCUT2D eigenvalue weighted by Crippen LogP contribution is 2.37. The molecule has 0 radical (unpaired) electrons. The van der Waals surface area contributed by atoms with Crippen molar-refractivity contribution in [2.45, 2.75) is 19.9 Å². The van der Waals surface area contributed by atoms with E-state index >= 15 is 0 Å². The van der Waals surface area contributed by atoms with Gasteiger partial charge in [-0.1, -0.05) is 19.0 Å². The van der Waals surface area contributed by atoms with E-state index in [0.717, 1.165) is 11.5 Å². The van der Waals surface area contributed by atoms with E-state index in [4.69, 9.17) is 10.5 Å². The van der Waals surface area contributed by atoms with Crippen molar-refractivity contribution in [3.63, 3.8) is 0 Å². The maximum Gasteiger partial charge on any atom is 0.416 e. The van der Waals surface area contributed by atoms with E-state index in [9.17, 15) is 18.2 Å². The first-order valence-electron chi connectivity index (χ1n) is 8.13. The summed E-state index contributed by atoms with van der Waals surface area (Å²) in [5.74, 6) is 0.324. The maximum absolute atomic E-state index is 13.4. The summed E-state index contributed by atoms with van der Waals surface area (Å²) in [5.41, 5.74) is 6.39. The van der Waals surface area contributed by atoms with E-state index in [0.29, 0.717) is 22.2 Å². The lowest BCUT2D eigenvalue weighted by Gasteiger charge is -2.18. The highest BCUT2D eigenvalue weighted by atomic mass is 19.4. The first kappa shape index (κ1) is 19.0. The number of rotatable bonds is 3. The number of ether oxygens (including phenoxy) is 1. The average Bonchev–Trinajstić information content (AvgIpc) is 2.62. The standard InChI is InChI=1S/C18H17BF3N3O2/c1-9-12-6-10(4-5-11(12)17(23)25-24-9)13-7-15(19(2)26)14(18(20,21)22)8-16(13)27-3/h4-8,26H,1-3H3,(H2,23,25). The quantitative estimate of drug-likeness (QED) is 0.688. The molecule has 0 saturated carbocycles. The van der Waals surface area contributed by atoms with Gasteiger partial charge in [-0.15, -0.1) is 5.10 Å². The van der Waals surface area contributed by atoms with Crippen molar-refractivity contribution < 1.29 is 22.9 Å². The van der Waals surface area contributed by atoms with Crippen LogP contribution in [0, 0.1) is 6.92 Å². The molecule has 5 nitrogen and oxygen atoms in total. The summed E-state index contributed by atoms with van der Waals surface area (Å²) in [7, 11) is 1.30. The van der Waals surface area contributed by atoms with Gasteiger partial charge in [-0.2, -0.15) is 18.3 Å². The molecule has 9 heteroatoms. The third-order valence-corrected chi connectivity index (χ3v) is 4.43. The smallest absolute Gasteiger partial charge is 0.416 e. The van der Waals surface area contributed by atoms with Crippen LogP contribution in [0.1, 0.15) is 11.3 Å².